The van der Waals surface area contributed by atoms with Crippen molar-refractivity contribution in [3.8, 4) is 0 Å². The van der Waals surface area contributed by atoms with Crippen LogP contribution < -0.4 is 0 Å². The van der Waals surface area contributed by atoms with E-state index in [1.165, 1.54) is 13.2 Å². The van der Waals surface area contributed by atoms with Crippen LogP contribution in [0, 0.1) is 34.5 Å². The van der Waals surface area contributed by atoms with E-state index in [9.17, 15) is 32.3 Å². The van der Waals surface area contributed by atoms with E-state index in [0.717, 1.165) is 0 Å². The Morgan fingerprint density at radius 1 is 1.11 bits per heavy atom. The lowest BCUT2D eigenvalue weighted by Gasteiger charge is -2.62. The molecule has 198 valence electrons. The molecule has 3 saturated carbocycles. The molecule has 5 aliphatic rings. The third-order valence-corrected chi connectivity index (χ3v) is 10.3. The van der Waals surface area contributed by atoms with Crippen LogP contribution in [0.15, 0.2) is 11.6 Å². The molecule has 1 spiro atoms. The lowest BCUT2D eigenvalue weighted by molar-refractivity contribution is -0.232. The van der Waals surface area contributed by atoms with E-state index in [-0.39, 0.29) is 43.4 Å². The van der Waals surface area contributed by atoms with Crippen molar-refractivity contribution in [1.29, 1.82) is 0 Å². The third-order valence-electron chi connectivity index (χ3n) is 10.3. The molecule has 4 fully saturated rings. The second kappa shape index (κ2) is 8.05. The van der Waals surface area contributed by atoms with Gasteiger partial charge in [0.2, 0.25) is 0 Å². The van der Waals surface area contributed by atoms with Crippen molar-refractivity contribution in [2.75, 3.05) is 7.11 Å². The molecule has 0 aromatic heterocycles. The fourth-order valence-corrected chi connectivity index (χ4v) is 8.63. The number of carbonyl (C=O) groups is 4. The molecule has 0 bridgehead atoms. The van der Waals surface area contributed by atoms with Crippen LogP contribution in [-0.2, 0) is 33.4 Å². The van der Waals surface area contributed by atoms with Crippen molar-refractivity contribution < 1.29 is 46.6 Å². The number of alkyl halides is 3. The molecule has 10 heteroatoms. The van der Waals surface area contributed by atoms with Gasteiger partial charge in [0, 0.05) is 24.2 Å². The van der Waals surface area contributed by atoms with Crippen LogP contribution in [0.25, 0.3) is 0 Å². The highest BCUT2D eigenvalue weighted by Crippen LogP contribution is 2.71. The number of halogens is 3. The summed E-state index contributed by atoms with van der Waals surface area (Å²) >= 11 is 0. The van der Waals surface area contributed by atoms with Crippen LogP contribution in [0.1, 0.15) is 65.2 Å². The summed E-state index contributed by atoms with van der Waals surface area (Å²) in [5, 5.41) is 0. The Hall–Kier alpha value is -2.39. The normalized spacial score (nSPS) is 43.7. The predicted octanol–water partition coefficient (Wildman–Crippen LogP) is 4.08. The first kappa shape index (κ1) is 25.3. The number of allylic oxidation sites excluding steroid dienone is 1. The van der Waals surface area contributed by atoms with Gasteiger partial charge in [-0.05, 0) is 61.9 Å². The Balaban J connectivity index is 1.66. The summed E-state index contributed by atoms with van der Waals surface area (Å²) < 4.78 is 56.5. The van der Waals surface area contributed by atoms with Gasteiger partial charge in [-0.15, -0.1) is 0 Å². The average molecular weight is 513 g/mol. The van der Waals surface area contributed by atoms with Gasteiger partial charge < -0.3 is 14.2 Å². The Bertz CT molecular complexity index is 1050. The van der Waals surface area contributed by atoms with Crippen LogP contribution in [-0.4, -0.2) is 48.7 Å². The van der Waals surface area contributed by atoms with Gasteiger partial charge in [0.15, 0.2) is 5.78 Å². The first-order valence-electron chi connectivity index (χ1n) is 12.6. The fraction of sp³-hybridized carbons (Fsp3) is 0.769. The lowest BCUT2D eigenvalue weighted by Crippen LogP contribution is -2.63. The maximum Gasteiger partial charge on any atom is 0.490 e. The molecule has 1 heterocycles. The summed E-state index contributed by atoms with van der Waals surface area (Å²) in [5.74, 6) is -5.16. The van der Waals surface area contributed by atoms with E-state index >= 15 is 0 Å². The molecule has 1 saturated heterocycles. The number of ketones is 1. The van der Waals surface area contributed by atoms with Gasteiger partial charge in [0.1, 0.15) is 11.7 Å². The molecule has 1 aliphatic heterocycles. The average Bonchev–Trinajstić information content (AvgIpc) is 3.32. The topological polar surface area (TPSA) is 96.0 Å². The summed E-state index contributed by atoms with van der Waals surface area (Å²) in [4.78, 5) is 49.8. The van der Waals surface area contributed by atoms with E-state index < -0.39 is 58.4 Å². The number of esters is 3. The van der Waals surface area contributed by atoms with E-state index in [0.29, 0.717) is 31.3 Å². The van der Waals surface area contributed by atoms with Crippen LogP contribution in [0.5, 0.6) is 0 Å². The second-order valence-electron chi connectivity index (χ2n) is 11.7. The zero-order valence-corrected chi connectivity index (χ0v) is 20.6. The lowest BCUT2D eigenvalue weighted by atomic mass is 9.43. The molecule has 8 atom stereocenters. The van der Waals surface area contributed by atoms with Crippen LogP contribution in [0.4, 0.5) is 13.2 Å². The van der Waals surface area contributed by atoms with Gasteiger partial charge >= 0.3 is 24.1 Å². The van der Waals surface area contributed by atoms with Crippen molar-refractivity contribution >= 4 is 23.7 Å². The monoisotopic (exact) mass is 512 g/mol. The van der Waals surface area contributed by atoms with Gasteiger partial charge in [0.05, 0.1) is 13.0 Å². The predicted molar refractivity (Wildman–Crippen MR) is 117 cm³/mol. The van der Waals surface area contributed by atoms with E-state index in [1.54, 1.807) is 0 Å². The minimum absolute atomic E-state index is 0.0820. The first-order valence-corrected chi connectivity index (χ1v) is 12.6. The molecular weight excluding hydrogens is 481 g/mol. The zero-order valence-electron chi connectivity index (χ0n) is 20.6. The number of methoxy groups -OCH3 is 1. The Morgan fingerprint density at radius 2 is 1.83 bits per heavy atom. The van der Waals surface area contributed by atoms with Crippen LogP contribution >= 0.6 is 0 Å². The minimum atomic E-state index is -5.18. The Morgan fingerprint density at radius 3 is 2.44 bits per heavy atom. The number of carbonyl (C=O) groups excluding carboxylic acids is 4. The summed E-state index contributed by atoms with van der Waals surface area (Å²) in [6, 6.07) is 0. The highest BCUT2D eigenvalue weighted by atomic mass is 19.4. The Labute approximate surface area is 207 Å². The van der Waals surface area contributed by atoms with Crippen molar-refractivity contribution in [3.05, 3.63) is 11.6 Å². The van der Waals surface area contributed by atoms with Gasteiger partial charge in [-0.3, -0.25) is 14.4 Å². The molecule has 36 heavy (non-hydrogen) atoms. The van der Waals surface area contributed by atoms with Crippen LogP contribution in [0.2, 0.25) is 0 Å². The highest BCUT2D eigenvalue weighted by molar-refractivity contribution is 5.92. The highest BCUT2D eigenvalue weighted by Gasteiger charge is 2.72. The standard InChI is InChI=1S/C26H31F3O7/c1-23-7-4-14(30)10-13(23)11-15(21(32)34-3)19-16-5-8-25(9-6-18(31)36-25)24(16,2)12-17(20(19)23)35-22(33)26(27,28)29/h10,15-17,19-20H,4-9,11-12H2,1-3H3/t15?,16?,17?,19?,20?,23-,24-,25+/m0/s1. The molecule has 5 unspecified atom stereocenters. The maximum atomic E-state index is 13.4. The van der Waals surface area contributed by atoms with Gasteiger partial charge in [-0.25, -0.2) is 4.79 Å². The zero-order chi connectivity index (χ0) is 26.3. The van der Waals surface area contributed by atoms with Gasteiger partial charge in [-0.2, -0.15) is 13.2 Å². The largest absolute Gasteiger partial charge is 0.490 e. The SMILES string of the molecule is COC(=O)C1CC2=CC(=O)CC[C@]2(C)C2C(OC(=O)C(F)(F)F)C[C@@]3(C)C(CC[C@@]34CCC(=O)O4)C12. The van der Waals surface area contributed by atoms with E-state index in [4.69, 9.17) is 14.2 Å². The van der Waals surface area contributed by atoms with Crippen LogP contribution in [0.3, 0.4) is 0 Å². The smallest absolute Gasteiger partial charge is 0.469 e. The van der Waals surface area contributed by atoms with Gasteiger partial charge in [-0.1, -0.05) is 19.4 Å². The van der Waals surface area contributed by atoms with Crippen molar-refractivity contribution in [2.45, 2.75) is 83.1 Å². The fourth-order valence-electron chi connectivity index (χ4n) is 8.63. The van der Waals surface area contributed by atoms with E-state index in [1.807, 2.05) is 13.8 Å². The van der Waals surface area contributed by atoms with E-state index in [2.05, 4.69) is 0 Å². The van der Waals surface area contributed by atoms with Crippen molar-refractivity contribution in [2.24, 2.45) is 34.5 Å². The molecule has 0 N–H and O–H groups in total. The summed E-state index contributed by atoms with van der Waals surface area (Å²) in [6.45, 7) is 3.81. The molecule has 0 aromatic rings. The molecule has 0 amide bonds. The summed E-state index contributed by atoms with van der Waals surface area (Å²) in [6.07, 6.45) is -2.04. The number of fused-ring (bicyclic) bond motifs is 6. The maximum absolute atomic E-state index is 13.4. The molecule has 0 aromatic carbocycles. The number of hydrogen-bond donors (Lipinski definition) is 0. The van der Waals surface area contributed by atoms with Crippen molar-refractivity contribution in [1.82, 2.24) is 0 Å². The summed E-state index contributed by atoms with van der Waals surface area (Å²) in [5.41, 5.74) is -1.68. The quantitative estimate of drug-likeness (QED) is 0.406. The van der Waals surface area contributed by atoms with Crippen molar-refractivity contribution in [3.63, 3.8) is 0 Å². The van der Waals surface area contributed by atoms with Gasteiger partial charge in [0.25, 0.3) is 0 Å². The third kappa shape index (κ3) is 3.45. The summed E-state index contributed by atoms with van der Waals surface area (Å²) in [7, 11) is 1.27. The number of ether oxygens (including phenoxy) is 3. The second-order valence-corrected chi connectivity index (χ2v) is 11.7. The molecule has 0 radical (unpaired) electrons. The molecule has 5 rings (SSSR count). The first-order chi connectivity index (χ1) is 16.8. The Kier molecular flexibility index (Phi) is 5.65. The molecule has 7 nitrogen and oxygen atoms in total. The molecule has 4 aliphatic carbocycles. The number of rotatable bonds is 2. The number of hydrogen-bond acceptors (Lipinski definition) is 7. The molecular formula is C26H31F3O7. The minimum Gasteiger partial charge on any atom is -0.469 e.